The van der Waals surface area contributed by atoms with Crippen LogP contribution in [-0.4, -0.2) is 66.0 Å². The summed E-state index contributed by atoms with van der Waals surface area (Å²) in [6.45, 7) is 3.31. The van der Waals surface area contributed by atoms with Gasteiger partial charge in [-0.3, -0.25) is 19.4 Å². The fourth-order valence-corrected chi connectivity index (χ4v) is 1.96. The van der Waals surface area contributed by atoms with Crippen molar-refractivity contribution < 1.29 is 24.3 Å². The number of hydrogen-bond donors (Lipinski definition) is 7. The van der Waals surface area contributed by atoms with Crippen molar-refractivity contribution in [1.82, 2.24) is 16.0 Å². The maximum Gasteiger partial charge on any atom is 0.326 e. The van der Waals surface area contributed by atoms with Gasteiger partial charge in [0.1, 0.15) is 6.04 Å². The van der Waals surface area contributed by atoms with Gasteiger partial charge in [-0.1, -0.05) is 0 Å². The molecule has 0 fully saturated rings. The summed E-state index contributed by atoms with van der Waals surface area (Å²) < 4.78 is 0. The molecule has 0 saturated carbocycles. The first kappa shape index (κ1) is 24.1. The molecule has 3 amide bonds. The molecule has 10 N–H and O–H groups in total. The maximum absolute atomic E-state index is 11.8. The normalized spacial score (nSPS) is 12.6. The smallest absolute Gasteiger partial charge is 0.326 e. The molecule has 0 aliphatic rings. The van der Waals surface area contributed by atoms with Crippen LogP contribution in [0.4, 0.5) is 0 Å². The standard InChI is InChI=1S/C15H29N7O5/c1-8(2)21-11(23)6-10(14(26)27)22-12(24)7-20-13(25)9(16)4-3-5-19-15(17)18/h8-10H,3-7,16H2,1-2H3,(H,20,25)(H,21,23)(H,22,24)(H,26,27)(H4,17,18,19). The minimum atomic E-state index is -1.40. The van der Waals surface area contributed by atoms with Gasteiger partial charge in [0.15, 0.2) is 5.96 Å². The van der Waals surface area contributed by atoms with E-state index >= 15 is 0 Å². The van der Waals surface area contributed by atoms with Crippen molar-refractivity contribution in [3.05, 3.63) is 0 Å². The van der Waals surface area contributed by atoms with Crippen molar-refractivity contribution >= 4 is 29.7 Å². The van der Waals surface area contributed by atoms with Crippen LogP contribution in [0.3, 0.4) is 0 Å². The van der Waals surface area contributed by atoms with Gasteiger partial charge < -0.3 is 38.3 Å². The average Bonchev–Trinajstić information content (AvgIpc) is 2.54. The lowest BCUT2D eigenvalue weighted by Gasteiger charge is -2.16. The molecular weight excluding hydrogens is 358 g/mol. The Labute approximate surface area is 157 Å². The number of aliphatic carboxylic acids is 1. The summed E-state index contributed by atoms with van der Waals surface area (Å²) in [6, 6.07) is -2.42. The second kappa shape index (κ2) is 12.5. The Hall–Kier alpha value is -2.89. The topological polar surface area (TPSA) is 215 Å². The van der Waals surface area contributed by atoms with Gasteiger partial charge in [0.2, 0.25) is 17.7 Å². The van der Waals surface area contributed by atoms with Gasteiger partial charge in [-0.15, -0.1) is 0 Å². The first-order valence-electron chi connectivity index (χ1n) is 8.43. The second-order valence-corrected chi connectivity index (χ2v) is 6.16. The number of nitrogens with two attached hydrogens (primary N) is 3. The van der Waals surface area contributed by atoms with E-state index in [4.69, 9.17) is 22.3 Å². The van der Waals surface area contributed by atoms with Crippen molar-refractivity contribution in [3.63, 3.8) is 0 Å². The number of amides is 3. The number of hydrogen-bond acceptors (Lipinski definition) is 6. The van der Waals surface area contributed by atoms with E-state index in [9.17, 15) is 19.2 Å². The van der Waals surface area contributed by atoms with Crippen LogP contribution in [0.1, 0.15) is 33.1 Å². The second-order valence-electron chi connectivity index (χ2n) is 6.16. The largest absolute Gasteiger partial charge is 0.480 e. The third kappa shape index (κ3) is 12.2. The molecule has 0 aliphatic heterocycles. The van der Waals surface area contributed by atoms with E-state index in [0.717, 1.165) is 0 Å². The fourth-order valence-electron chi connectivity index (χ4n) is 1.96. The predicted octanol–water partition coefficient (Wildman–Crippen LogP) is -3.03. The van der Waals surface area contributed by atoms with E-state index in [1.54, 1.807) is 13.8 Å². The molecule has 2 unspecified atom stereocenters. The van der Waals surface area contributed by atoms with Gasteiger partial charge in [0.25, 0.3) is 0 Å². The lowest BCUT2D eigenvalue weighted by Crippen LogP contribution is -2.50. The number of carboxylic acid groups (broad SMARTS) is 1. The molecule has 0 rings (SSSR count). The number of carboxylic acids is 1. The number of carbonyl (C=O) groups is 4. The molecule has 0 saturated heterocycles. The zero-order valence-corrected chi connectivity index (χ0v) is 15.5. The highest BCUT2D eigenvalue weighted by molar-refractivity contribution is 5.91. The molecular formula is C15H29N7O5. The Morgan fingerprint density at radius 2 is 1.70 bits per heavy atom. The van der Waals surface area contributed by atoms with Gasteiger partial charge in [-0.2, -0.15) is 0 Å². The van der Waals surface area contributed by atoms with Crippen LogP contribution in [0.15, 0.2) is 4.99 Å². The number of nitrogens with zero attached hydrogens (tertiary/aromatic N) is 1. The zero-order chi connectivity index (χ0) is 21.0. The summed E-state index contributed by atoms with van der Waals surface area (Å²) in [5.74, 6) is -3.24. The van der Waals surface area contributed by atoms with Gasteiger partial charge in [-0.05, 0) is 26.7 Å². The molecule has 0 bridgehead atoms. The molecule has 2 atom stereocenters. The Balaban J connectivity index is 4.33. The monoisotopic (exact) mass is 387 g/mol. The summed E-state index contributed by atoms with van der Waals surface area (Å²) in [5, 5.41) is 16.1. The minimum Gasteiger partial charge on any atom is -0.480 e. The predicted molar refractivity (Wildman–Crippen MR) is 98.4 cm³/mol. The SMILES string of the molecule is CC(C)NC(=O)CC(NC(=O)CNC(=O)C(N)CCCN=C(N)N)C(=O)O. The molecule has 0 radical (unpaired) electrons. The van der Waals surface area contributed by atoms with Crippen molar-refractivity contribution in [3.8, 4) is 0 Å². The molecule has 0 heterocycles. The number of guanidine groups is 1. The minimum absolute atomic E-state index is 0.0558. The highest BCUT2D eigenvalue weighted by atomic mass is 16.4. The Kier molecular flexibility index (Phi) is 11.1. The van der Waals surface area contributed by atoms with Crippen LogP contribution >= 0.6 is 0 Å². The van der Waals surface area contributed by atoms with E-state index in [1.807, 2.05) is 0 Å². The van der Waals surface area contributed by atoms with Crippen LogP contribution in [0.5, 0.6) is 0 Å². The van der Waals surface area contributed by atoms with E-state index < -0.39 is 48.7 Å². The molecule has 0 aliphatic carbocycles. The van der Waals surface area contributed by atoms with Crippen LogP contribution in [0.25, 0.3) is 0 Å². The van der Waals surface area contributed by atoms with Gasteiger partial charge in [0, 0.05) is 12.6 Å². The van der Waals surface area contributed by atoms with Crippen LogP contribution in [-0.2, 0) is 19.2 Å². The van der Waals surface area contributed by atoms with E-state index in [1.165, 1.54) is 0 Å². The molecule has 0 spiro atoms. The first-order valence-corrected chi connectivity index (χ1v) is 8.43. The first-order chi connectivity index (χ1) is 12.5. The Morgan fingerprint density at radius 3 is 2.22 bits per heavy atom. The number of nitrogens with one attached hydrogen (secondary N) is 3. The molecule has 0 aromatic heterocycles. The van der Waals surface area contributed by atoms with Crippen LogP contribution < -0.4 is 33.2 Å². The Morgan fingerprint density at radius 1 is 1.07 bits per heavy atom. The quantitative estimate of drug-likeness (QED) is 0.103. The summed E-state index contributed by atoms with van der Waals surface area (Å²) in [7, 11) is 0. The van der Waals surface area contributed by atoms with Gasteiger partial charge in [-0.25, -0.2) is 4.79 Å². The average molecular weight is 387 g/mol. The molecule has 0 aromatic rings. The van der Waals surface area contributed by atoms with E-state index in [2.05, 4.69) is 20.9 Å². The lowest BCUT2D eigenvalue weighted by molar-refractivity contribution is -0.143. The maximum atomic E-state index is 11.8. The molecule has 154 valence electrons. The summed E-state index contributed by atoms with van der Waals surface area (Å²) >= 11 is 0. The Bertz CT molecular complexity index is 561. The fraction of sp³-hybridized carbons (Fsp3) is 0.667. The van der Waals surface area contributed by atoms with Gasteiger partial charge >= 0.3 is 5.97 Å². The molecule has 27 heavy (non-hydrogen) atoms. The van der Waals surface area contributed by atoms with Crippen molar-refractivity contribution in [2.75, 3.05) is 13.1 Å². The van der Waals surface area contributed by atoms with Crippen molar-refractivity contribution in [2.24, 2.45) is 22.2 Å². The highest BCUT2D eigenvalue weighted by Crippen LogP contribution is 1.96. The molecule has 12 heteroatoms. The lowest BCUT2D eigenvalue weighted by atomic mass is 10.1. The summed E-state index contributed by atoms with van der Waals surface area (Å²) in [4.78, 5) is 50.2. The van der Waals surface area contributed by atoms with Crippen LogP contribution in [0.2, 0.25) is 0 Å². The van der Waals surface area contributed by atoms with E-state index in [0.29, 0.717) is 19.4 Å². The number of carbonyl (C=O) groups excluding carboxylic acids is 3. The third-order valence-corrected chi connectivity index (χ3v) is 3.20. The third-order valence-electron chi connectivity index (χ3n) is 3.20. The van der Waals surface area contributed by atoms with Gasteiger partial charge in [0.05, 0.1) is 19.0 Å². The number of rotatable bonds is 12. The highest BCUT2D eigenvalue weighted by Gasteiger charge is 2.24. The zero-order valence-electron chi connectivity index (χ0n) is 15.5. The molecule has 12 nitrogen and oxygen atoms in total. The number of aliphatic imine (C=N–C) groups is 1. The summed E-state index contributed by atoms with van der Waals surface area (Å²) in [6.07, 6.45) is 0.361. The van der Waals surface area contributed by atoms with Crippen molar-refractivity contribution in [1.29, 1.82) is 0 Å². The summed E-state index contributed by atoms with van der Waals surface area (Å²) in [5.41, 5.74) is 16.0. The van der Waals surface area contributed by atoms with Crippen molar-refractivity contribution in [2.45, 2.75) is 51.2 Å². The van der Waals surface area contributed by atoms with Crippen LogP contribution in [0, 0.1) is 0 Å². The van der Waals surface area contributed by atoms with E-state index in [-0.39, 0.29) is 12.0 Å². The molecule has 0 aromatic carbocycles.